The predicted octanol–water partition coefficient (Wildman–Crippen LogP) is 3.15. The maximum Gasteiger partial charge on any atom is 0.234 e. The van der Waals surface area contributed by atoms with E-state index in [1.807, 2.05) is 10.6 Å². The van der Waals surface area contributed by atoms with Gasteiger partial charge in [-0.1, -0.05) is 48.6 Å². The number of hydrogen-bond donors (Lipinski definition) is 0. The fraction of sp³-hybridized carbons (Fsp3) is 0.308. The summed E-state index contributed by atoms with van der Waals surface area (Å²) in [5.41, 5.74) is 1.28. The third kappa shape index (κ3) is 2.93. The molecular weight excluding hydrogens is 280 g/mol. The van der Waals surface area contributed by atoms with Crippen LogP contribution in [0.4, 0.5) is 0 Å². The molecule has 0 saturated heterocycles. The van der Waals surface area contributed by atoms with Crippen molar-refractivity contribution < 1.29 is 0 Å². The average Bonchev–Trinajstić information content (AvgIpc) is 2.93. The lowest BCUT2D eigenvalue weighted by molar-refractivity contribution is 0.767. The second kappa shape index (κ2) is 6.12. The Labute approximate surface area is 121 Å². The van der Waals surface area contributed by atoms with Gasteiger partial charge in [0, 0.05) is 12.8 Å². The van der Waals surface area contributed by atoms with E-state index in [0.29, 0.717) is 0 Å². The van der Waals surface area contributed by atoms with Crippen LogP contribution in [0.15, 0.2) is 30.3 Å². The largest absolute Gasteiger partial charge is 0.234 e. The summed E-state index contributed by atoms with van der Waals surface area (Å²) in [5.74, 6) is 0.961. The van der Waals surface area contributed by atoms with E-state index in [2.05, 4.69) is 46.5 Å². The molecule has 0 saturated carbocycles. The number of benzene rings is 1. The Bertz CT molecular complexity index is 647. The van der Waals surface area contributed by atoms with E-state index in [1.165, 1.54) is 5.56 Å². The normalized spacial score (nSPS) is 10.6. The second-order valence-electron chi connectivity index (χ2n) is 4.22. The van der Waals surface area contributed by atoms with E-state index in [-0.39, 0.29) is 12.4 Å². The van der Waals surface area contributed by atoms with Crippen LogP contribution in [0, 0.1) is 0 Å². The van der Waals surface area contributed by atoms with Crippen molar-refractivity contribution in [3.8, 4) is 0 Å². The topological polar surface area (TPSA) is 43.1 Å². The third-order valence-electron chi connectivity index (χ3n) is 2.77. The van der Waals surface area contributed by atoms with E-state index < -0.39 is 0 Å². The first-order chi connectivity index (χ1) is 8.86. The van der Waals surface area contributed by atoms with Crippen LogP contribution in [0.2, 0.25) is 0 Å². The highest BCUT2D eigenvalue weighted by atomic mass is 35.5. The standard InChI is InChI=1S/C13H14N4S.ClH/c1-2-6-11-14-15-13-17(11)16-12(18-13)9-10-7-4-3-5-8-10;/h3-5,7-8H,2,6,9H2,1H3;1H. The zero-order valence-corrected chi connectivity index (χ0v) is 12.2. The Morgan fingerprint density at radius 2 is 1.95 bits per heavy atom. The van der Waals surface area contributed by atoms with Gasteiger partial charge in [-0.25, -0.2) is 0 Å². The zero-order chi connectivity index (χ0) is 12.4. The van der Waals surface area contributed by atoms with Crippen LogP contribution in [0.1, 0.15) is 29.7 Å². The molecule has 3 rings (SSSR count). The monoisotopic (exact) mass is 294 g/mol. The summed E-state index contributed by atoms with van der Waals surface area (Å²) >= 11 is 1.62. The van der Waals surface area contributed by atoms with Crippen LogP contribution in [-0.2, 0) is 12.8 Å². The van der Waals surface area contributed by atoms with Gasteiger partial charge in [-0.3, -0.25) is 0 Å². The molecule has 4 nitrogen and oxygen atoms in total. The fourth-order valence-corrected chi connectivity index (χ4v) is 2.80. The lowest BCUT2D eigenvalue weighted by Crippen LogP contribution is -1.96. The quantitative estimate of drug-likeness (QED) is 0.742. The van der Waals surface area contributed by atoms with Gasteiger partial charge in [0.05, 0.1) is 0 Å². The molecule has 0 fully saturated rings. The Morgan fingerprint density at radius 3 is 2.68 bits per heavy atom. The van der Waals surface area contributed by atoms with Gasteiger partial charge in [0.25, 0.3) is 0 Å². The maximum absolute atomic E-state index is 4.60. The molecule has 6 heteroatoms. The molecule has 0 amide bonds. The Morgan fingerprint density at radius 1 is 1.16 bits per heavy atom. The van der Waals surface area contributed by atoms with Crippen LogP contribution >= 0.6 is 23.7 Å². The average molecular weight is 295 g/mol. The molecule has 3 aromatic rings. The first kappa shape index (κ1) is 14.0. The molecule has 2 heterocycles. The van der Waals surface area contributed by atoms with E-state index in [4.69, 9.17) is 0 Å². The van der Waals surface area contributed by atoms with Crippen molar-refractivity contribution in [1.29, 1.82) is 0 Å². The van der Waals surface area contributed by atoms with Crippen LogP contribution in [0.25, 0.3) is 4.96 Å². The van der Waals surface area contributed by atoms with Crippen LogP contribution in [0.5, 0.6) is 0 Å². The molecule has 0 radical (unpaired) electrons. The van der Waals surface area contributed by atoms with E-state index in [1.54, 1.807) is 11.3 Å². The molecular formula is C13H15ClN4S. The van der Waals surface area contributed by atoms with Gasteiger partial charge in [0.1, 0.15) is 5.01 Å². The van der Waals surface area contributed by atoms with Crippen molar-refractivity contribution in [3.63, 3.8) is 0 Å². The van der Waals surface area contributed by atoms with Gasteiger partial charge >= 0.3 is 0 Å². The molecule has 2 aromatic heterocycles. The van der Waals surface area contributed by atoms with Crippen molar-refractivity contribution in [2.75, 3.05) is 0 Å². The third-order valence-corrected chi connectivity index (χ3v) is 3.67. The molecule has 0 N–H and O–H groups in total. The van der Waals surface area contributed by atoms with Gasteiger partial charge in [-0.15, -0.1) is 22.6 Å². The minimum atomic E-state index is 0. The maximum atomic E-state index is 4.60. The summed E-state index contributed by atoms with van der Waals surface area (Å²) < 4.78 is 1.88. The number of rotatable bonds is 4. The summed E-state index contributed by atoms with van der Waals surface area (Å²) in [6, 6.07) is 10.4. The molecule has 0 aliphatic carbocycles. The smallest absolute Gasteiger partial charge is 0.187 e. The van der Waals surface area contributed by atoms with E-state index in [0.717, 1.165) is 35.1 Å². The van der Waals surface area contributed by atoms with E-state index in [9.17, 15) is 0 Å². The van der Waals surface area contributed by atoms with E-state index >= 15 is 0 Å². The first-order valence-electron chi connectivity index (χ1n) is 6.10. The van der Waals surface area contributed by atoms with Gasteiger partial charge < -0.3 is 0 Å². The van der Waals surface area contributed by atoms with Crippen molar-refractivity contribution in [3.05, 3.63) is 46.7 Å². The lowest BCUT2D eigenvalue weighted by Gasteiger charge is -1.95. The Balaban J connectivity index is 0.00000133. The van der Waals surface area contributed by atoms with Crippen LogP contribution in [0.3, 0.4) is 0 Å². The molecule has 0 spiro atoms. The van der Waals surface area contributed by atoms with Crippen molar-refractivity contribution in [2.24, 2.45) is 0 Å². The highest BCUT2D eigenvalue weighted by Gasteiger charge is 2.10. The summed E-state index contributed by atoms with van der Waals surface area (Å²) in [4.78, 5) is 0.893. The SMILES string of the molecule is CCCc1nnc2sc(Cc3ccccc3)nn12.Cl. The first-order valence-corrected chi connectivity index (χ1v) is 6.92. The minimum absolute atomic E-state index is 0. The van der Waals surface area contributed by atoms with Crippen LogP contribution < -0.4 is 0 Å². The number of aryl methyl sites for hydroxylation is 1. The zero-order valence-electron chi connectivity index (χ0n) is 10.6. The minimum Gasteiger partial charge on any atom is -0.187 e. The van der Waals surface area contributed by atoms with Gasteiger partial charge in [-0.05, 0) is 12.0 Å². The highest BCUT2D eigenvalue weighted by Crippen LogP contribution is 2.17. The molecule has 0 bridgehead atoms. The molecule has 19 heavy (non-hydrogen) atoms. The molecule has 1 aromatic carbocycles. The molecule has 0 atom stereocenters. The summed E-state index contributed by atoms with van der Waals surface area (Å²) in [6.07, 6.45) is 2.85. The molecule has 0 aliphatic rings. The number of fused-ring (bicyclic) bond motifs is 1. The van der Waals surface area contributed by atoms with Gasteiger partial charge in [-0.2, -0.15) is 9.61 Å². The Hall–Kier alpha value is -1.46. The van der Waals surface area contributed by atoms with Crippen LogP contribution in [-0.4, -0.2) is 19.8 Å². The van der Waals surface area contributed by atoms with Gasteiger partial charge in [0.2, 0.25) is 4.96 Å². The summed E-state index contributed by atoms with van der Waals surface area (Å²) in [7, 11) is 0. The Kier molecular flexibility index (Phi) is 4.50. The molecule has 0 aliphatic heterocycles. The van der Waals surface area contributed by atoms with Crippen molar-refractivity contribution in [1.82, 2.24) is 19.8 Å². The molecule has 100 valence electrons. The number of hydrogen-bond acceptors (Lipinski definition) is 4. The van der Waals surface area contributed by atoms with Gasteiger partial charge in [0.15, 0.2) is 5.82 Å². The number of halogens is 1. The van der Waals surface area contributed by atoms with Crippen molar-refractivity contribution in [2.45, 2.75) is 26.2 Å². The lowest BCUT2D eigenvalue weighted by atomic mass is 10.2. The second-order valence-corrected chi connectivity index (χ2v) is 5.26. The number of nitrogens with zero attached hydrogens (tertiary/aromatic N) is 4. The predicted molar refractivity (Wildman–Crippen MR) is 79.2 cm³/mol. The fourth-order valence-electron chi connectivity index (χ4n) is 1.92. The summed E-state index contributed by atoms with van der Waals surface area (Å²) in [5, 5.41) is 14.0. The van der Waals surface area contributed by atoms with Crippen molar-refractivity contribution >= 4 is 28.7 Å². The highest BCUT2D eigenvalue weighted by molar-refractivity contribution is 7.16. The number of aromatic nitrogens is 4. The summed E-state index contributed by atoms with van der Waals surface area (Å²) in [6.45, 7) is 2.14. The molecule has 0 unspecified atom stereocenters.